The molecule has 0 radical (unpaired) electrons. The van der Waals surface area contributed by atoms with Gasteiger partial charge in [-0.05, 0) is 54.2 Å². The quantitative estimate of drug-likeness (QED) is 0.186. The molecule has 0 bridgehead atoms. The molecule has 3 aromatic carbocycles. The van der Waals surface area contributed by atoms with Crippen LogP contribution >= 0.6 is 0 Å². The van der Waals surface area contributed by atoms with Crippen LogP contribution in [0.5, 0.6) is 5.75 Å². The van der Waals surface area contributed by atoms with Gasteiger partial charge < -0.3 is 14.2 Å². The molecule has 0 unspecified atom stereocenters. The van der Waals surface area contributed by atoms with E-state index in [0.29, 0.717) is 36.5 Å². The van der Waals surface area contributed by atoms with E-state index >= 15 is 4.39 Å². The van der Waals surface area contributed by atoms with E-state index in [2.05, 4.69) is 13.8 Å². The molecule has 1 aliphatic heterocycles. The number of halogens is 3. The van der Waals surface area contributed by atoms with E-state index in [1.54, 1.807) is 36.4 Å². The number of rotatable bonds is 14. The second kappa shape index (κ2) is 15.2. The molecular weight excluding hydrogens is 513 g/mol. The molecule has 3 nitrogen and oxygen atoms in total. The smallest absolute Gasteiger partial charge is 0.201 e. The highest BCUT2D eigenvalue weighted by atomic mass is 19.2. The highest BCUT2D eigenvalue weighted by Gasteiger charge is 2.24. The zero-order valence-corrected chi connectivity index (χ0v) is 23.7. The molecule has 40 heavy (non-hydrogen) atoms. The minimum Gasteiger partial charge on any atom is -0.490 e. The summed E-state index contributed by atoms with van der Waals surface area (Å²) in [4.78, 5) is 0. The molecule has 1 heterocycles. The summed E-state index contributed by atoms with van der Waals surface area (Å²) in [6, 6.07) is 15.0. The minimum atomic E-state index is -0.992. The molecular formula is C34H41F3O3. The summed E-state index contributed by atoms with van der Waals surface area (Å²) in [6.45, 7) is 5.65. The molecule has 0 saturated carbocycles. The lowest BCUT2D eigenvalue weighted by molar-refractivity contribution is -0.190. The van der Waals surface area contributed by atoms with Gasteiger partial charge in [-0.1, -0.05) is 88.8 Å². The van der Waals surface area contributed by atoms with Crippen molar-refractivity contribution < 1.29 is 27.4 Å². The van der Waals surface area contributed by atoms with Crippen molar-refractivity contribution in [1.82, 2.24) is 0 Å². The van der Waals surface area contributed by atoms with E-state index in [4.69, 9.17) is 14.2 Å². The molecule has 1 fully saturated rings. The van der Waals surface area contributed by atoms with Crippen molar-refractivity contribution in [2.75, 3.05) is 19.8 Å². The lowest BCUT2D eigenvalue weighted by Gasteiger charge is -2.30. The van der Waals surface area contributed by atoms with Gasteiger partial charge in [0.25, 0.3) is 0 Å². The Balaban J connectivity index is 1.36. The lowest BCUT2D eigenvalue weighted by atomic mass is 9.95. The van der Waals surface area contributed by atoms with E-state index in [1.165, 1.54) is 37.8 Å². The molecule has 6 heteroatoms. The largest absolute Gasteiger partial charge is 0.490 e. The third kappa shape index (κ3) is 7.88. The summed E-state index contributed by atoms with van der Waals surface area (Å²) in [6.07, 6.45) is 9.54. The first-order chi connectivity index (χ1) is 19.5. The standard InChI is InChI=1S/C34H41F3O3/c1-3-5-7-8-9-11-32-39-22-27(23-40-32)26-16-17-28(30(35)21-26)24-12-14-25(15-13-24)29-18-19-31(34(37)33(29)36)38-20-10-6-4-2/h12-19,21,27,32H,3-11,20,22-23H2,1-2H3. The van der Waals surface area contributed by atoms with Gasteiger partial charge in [0.05, 0.1) is 19.8 Å². The summed E-state index contributed by atoms with van der Waals surface area (Å²) in [5.74, 6) is -2.38. The summed E-state index contributed by atoms with van der Waals surface area (Å²) in [7, 11) is 0. The second-order valence-electron chi connectivity index (χ2n) is 10.6. The number of ether oxygens (including phenoxy) is 3. The maximum absolute atomic E-state index is 15.2. The predicted octanol–water partition coefficient (Wildman–Crippen LogP) is 9.82. The Kier molecular flexibility index (Phi) is 11.5. The molecule has 0 aromatic heterocycles. The summed E-state index contributed by atoms with van der Waals surface area (Å²) in [5, 5.41) is 0. The first-order valence-electron chi connectivity index (χ1n) is 14.8. The van der Waals surface area contributed by atoms with Gasteiger partial charge in [0.15, 0.2) is 17.9 Å². The Morgan fingerprint density at radius 3 is 2.00 bits per heavy atom. The lowest BCUT2D eigenvalue weighted by Crippen LogP contribution is -2.30. The van der Waals surface area contributed by atoms with E-state index in [0.717, 1.165) is 37.7 Å². The molecule has 0 amide bonds. The predicted molar refractivity (Wildman–Crippen MR) is 154 cm³/mol. The second-order valence-corrected chi connectivity index (χ2v) is 10.6. The van der Waals surface area contributed by atoms with Gasteiger partial charge in [0.1, 0.15) is 5.82 Å². The van der Waals surface area contributed by atoms with E-state index in [9.17, 15) is 8.78 Å². The van der Waals surface area contributed by atoms with Crippen LogP contribution in [0.3, 0.4) is 0 Å². The average Bonchev–Trinajstić information content (AvgIpc) is 2.98. The number of hydrogen-bond acceptors (Lipinski definition) is 3. The Bertz CT molecular complexity index is 1200. The third-order valence-corrected chi connectivity index (χ3v) is 7.53. The fraction of sp³-hybridized carbons (Fsp3) is 0.471. The normalized spacial score (nSPS) is 17.2. The zero-order chi connectivity index (χ0) is 28.3. The van der Waals surface area contributed by atoms with Crippen LogP contribution in [0, 0.1) is 17.5 Å². The van der Waals surface area contributed by atoms with Crippen molar-refractivity contribution in [3.63, 3.8) is 0 Å². The Morgan fingerprint density at radius 1 is 0.700 bits per heavy atom. The minimum absolute atomic E-state index is 0.0151. The van der Waals surface area contributed by atoms with Crippen molar-refractivity contribution in [2.24, 2.45) is 0 Å². The van der Waals surface area contributed by atoms with Crippen molar-refractivity contribution in [3.8, 4) is 28.0 Å². The average molecular weight is 555 g/mol. The van der Waals surface area contributed by atoms with Gasteiger partial charge in [0, 0.05) is 17.0 Å². The fourth-order valence-electron chi connectivity index (χ4n) is 5.07. The number of benzene rings is 3. The summed E-state index contributed by atoms with van der Waals surface area (Å²) >= 11 is 0. The zero-order valence-electron chi connectivity index (χ0n) is 23.7. The molecule has 0 N–H and O–H groups in total. The SMILES string of the molecule is CCCCCCCC1OCC(c2ccc(-c3ccc(-c4ccc(OCCCCC)c(F)c4F)cc3)c(F)c2)CO1. The molecule has 0 aliphatic carbocycles. The first kappa shape index (κ1) is 30.1. The molecule has 0 spiro atoms. The Morgan fingerprint density at radius 2 is 1.32 bits per heavy atom. The summed E-state index contributed by atoms with van der Waals surface area (Å²) < 4.78 is 61.8. The molecule has 1 saturated heterocycles. The van der Waals surface area contributed by atoms with Crippen LogP contribution in [0.2, 0.25) is 0 Å². The van der Waals surface area contributed by atoms with Crippen molar-refractivity contribution in [3.05, 3.63) is 77.6 Å². The molecule has 1 aliphatic rings. The maximum Gasteiger partial charge on any atom is 0.201 e. The highest BCUT2D eigenvalue weighted by molar-refractivity contribution is 5.71. The molecule has 0 atom stereocenters. The van der Waals surface area contributed by atoms with Gasteiger partial charge in [-0.2, -0.15) is 4.39 Å². The van der Waals surface area contributed by atoms with Crippen molar-refractivity contribution >= 4 is 0 Å². The van der Waals surface area contributed by atoms with Crippen LogP contribution in [-0.2, 0) is 9.47 Å². The van der Waals surface area contributed by atoms with Gasteiger partial charge in [0.2, 0.25) is 5.82 Å². The molecule has 3 aromatic rings. The van der Waals surface area contributed by atoms with E-state index in [1.807, 2.05) is 6.07 Å². The van der Waals surface area contributed by atoms with Gasteiger partial charge in [-0.15, -0.1) is 0 Å². The maximum atomic E-state index is 15.2. The van der Waals surface area contributed by atoms with Crippen molar-refractivity contribution in [2.45, 2.75) is 83.8 Å². The van der Waals surface area contributed by atoms with Crippen LogP contribution in [0.1, 0.15) is 83.1 Å². The van der Waals surface area contributed by atoms with Crippen LogP contribution in [0.4, 0.5) is 13.2 Å². The molecule has 216 valence electrons. The van der Waals surface area contributed by atoms with Crippen LogP contribution in [0.25, 0.3) is 22.3 Å². The monoisotopic (exact) mass is 554 g/mol. The van der Waals surface area contributed by atoms with Gasteiger partial charge in [-0.25, -0.2) is 8.78 Å². The van der Waals surface area contributed by atoms with Gasteiger partial charge >= 0.3 is 0 Å². The Labute approximate surface area is 236 Å². The third-order valence-electron chi connectivity index (χ3n) is 7.53. The molecule has 4 rings (SSSR count). The summed E-state index contributed by atoms with van der Waals surface area (Å²) in [5.41, 5.74) is 2.58. The topological polar surface area (TPSA) is 27.7 Å². The van der Waals surface area contributed by atoms with Crippen LogP contribution < -0.4 is 4.74 Å². The van der Waals surface area contributed by atoms with E-state index in [-0.39, 0.29) is 29.3 Å². The van der Waals surface area contributed by atoms with Gasteiger partial charge in [-0.3, -0.25) is 0 Å². The van der Waals surface area contributed by atoms with Crippen LogP contribution in [-0.4, -0.2) is 26.1 Å². The number of unbranched alkanes of at least 4 members (excludes halogenated alkanes) is 6. The van der Waals surface area contributed by atoms with Crippen LogP contribution in [0.15, 0.2) is 54.6 Å². The number of hydrogen-bond donors (Lipinski definition) is 0. The van der Waals surface area contributed by atoms with Crippen molar-refractivity contribution in [1.29, 1.82) is 0 Å². The first-order valence-corrected chi connectivity index (χ1v) is 14.8. The highest BCUT2D eigenvalue weighted by Crippen LogP contribution is 2.33. The Hall–Kier alpha value is -2.83. The van der Waals surface area contributed by atoms with E-state index < -0.39 is 11.6 Å². The fourth-order valence-corrected chi connectivity index (χ4v) is 5.07.